The van der Waals surface area contributed by atoms with Gasteiger partial charge in [0.1, 0.15) is 0 Å². The molecule has 1 fully saturated rings. The van der Waals surface area contributed by atoms with Crippen LogP contribution in [-0.4, -0.2) is 54.2 Å². The van der Waals surface area contributed by atoms with Gasteiger partial charge in [0.15, 0.2) is 0 Å². The van der Waals surface area contributed by atoms with Gasteiger partial charge in [0, 0.05) is 24.8 Å². The Morgan fingerprint density at radius 1 is 1.26 bits per heavy atom. The predicted molar refractivity (Wildman–Crippen MR) is 66.5 cm³/mol. The van der Waals surface area contributed by atoms with Crippen molar-refractivity contribution in [1.82, 2.24) is 10.2 Å². The van der Waals surface area contributed by atoms with Gasteiger partial charge in [-0.2, -0.15) is 0 Å². The first-order valence-corrected chi connectivity index (χ1v) is 5.91. The molecule has 0 spiro atoms. The van der Waals surface area contributed by atoms with E-state index in [9.17, 15) is 14.4 Å². The molecule has 0 aliphatic carbocycles. The number of amides is 3. The van der Waals surface area contributed by atoms with E-state index in [1.807, 2.05) is 0 Å². The Bertz CT molecular complexity index is 424. The van der Waals surface area contributed by atoms with Crippen molar-refractivity contribution in [3.05, 3.63) is 11.1 Å². The molecule has 0 aromatic heterocycles. The Balaban J connectivity index is 2.63. The van der Waals surface area contributed by atoms with E-state index in [-0.39, 0.29) is 17.2 Å². The standard InChI is InChI=1S/C12H18N2O5/c1-7(8(2)11(16)17)10(15)13-12(18)14(3)9-4-5-19-6-9/h9H,4-6H2,1-3H3,(H,16,17)(H,13,15,18). The van der Waals surface area contributed by atoms with E-state index >= 15 is 0 Å². The number of nitrogens with one attached hydrogen (secondary N) is 1. The quantitative estimate of drug-likeness (QED) is 0.722. The fourth-order valence-corrected chi connectivity index (χ4v) is 1.60. The highest BCUT2D eigenvalue weighted by atomic mass is 16.5. The third kappa shape index (κ3) is 3.78. The van der Waals surface area contributed by atoms with Gasteiger partial charge in [-0.25, -0.2) is 9.59 Å². The van der Waals surface area contributed by atoms with E-state index in [1.165, 1.54) is 18.7 Å². The van der Waals surface area contributed by atoms with E-state index in [1.54, 1.807) is 7.05 Å². The van der Waals surface area contributed by atoms with E-state index < -0.39 is 17.9 Å². The van der Waals surface area contributed by atoms with Crippen LogP contribution in [0.5, 0.6) is 0 Å². The van der Waals surface area contributed by atoms with Crippen LogP contribution in [-0.2, 0) is 14.3 Å². The van der Waals surface area contributed by atoms with Crippen molar-refractivity contribution in [2.24, 2.45) is 0 Å². The summed E-state index contributed by atoms with van der Waals surface area (Å²) in [5.41, 5.74) is -0.0749. The molecule has 1 aliphatic heterocycles. The van der Waals surface area contributed by atoms with Crippen LogP contribution >= 0.6 is 0 Å². The second-order valence-electron chi connectivity index (χ2n) is 4.44. The first kappa shape index (κ1) is 15.2. The average molecular weight is 270 g/mol. The number of hydrogen-bond acceptors (Lipinski definition) is 4. The summed E-state index contributed by atoms with van der Waals surface area (Å²) in [6.07, 6.45) is 0.723. The molecule has 0 aromatic carbocycles. The average Bonchev–Trinajstić information content (AvgIpc) is 2.89. The molecule has 106 valence electrons. The lowest BCUT2D eigenvalue weighted by Crippen LogP contribution is -2.46. The van der Waals surface area contributed by atoms with Gasteiger partial charge in [0.05, 0.1) is 12.6 Å². The van der Waals surface area contributed by atoms with Crippen molar-refractivity contribution in [1.29, 1.82) is 0 Å². The summed E-state index contributed by atoms with van der Waals surface area (Å²) in [6.45, 7) is 3.72. The molecule has 19 heavy (non-hydrogen) atoms. The molecule has 1 aliphatic rings. The highest BCUT2D eigenvalue weighted by molar-refractivity contribution is 6.07. The molecule has 1 rings (SSSR count). The maximum Gasteiger partial charge on any atom is 0.331 e. The fourth-order valence-electron chi connectivity index (χ4n) is 1.60. The van der Waals surface area contributed by atoms with Crippen LogP contribution in [0.2, 0.25) is 0 Å². The second-order valence-corrected chi connectivity index (χ2v) is 4.44. The number of carboxylic acids is 1. The summed E-state index contributed by atoms with van der Waals surface area (Å²) >= 11 is 0. The number of nitrogens with zero attached hydrogens (tertiary/aromatic N) is 1. The maximum absolute atomic E-state index is 11.8. The summed E-state index contributed by atoms with van der Waals surface area (Å²) < 4.78 is 5.16. The topological polar surface area (TPSA) is 95.9 Å². The normalized spacial score (nSPS) is 19.6. The number of ether oxygens (including phenoxy) is 1. The van der Waals surface area contributed by atoms with Crippen LogP contribution in [0.25, 0.3) is 0 Å². The molecule has 1 heterocycles. The van der Waals surface area contributed by atoms with E-state index in [0.717, 1.165) is 6.42 Å². The first-order chi connectivity index (χ1) is 8.84. The van der Waals surface area contributed by atoms with Gasteiger partial charge in [-0.05, 0) is 20.3 Å². The van der Waals surface area contributed by atoms with Crippen LogP contribution in [0.1, 0.15) is 20.3 Å². The van der Waals surface area contributed by atoms with Gasteiger partial charge in [0.2, 0.25) is 0 Å². The largest absolute Gasteiger partial charge is 0.478 e. The lowest BCUT2D eigenvalue weighted by atomic mass is 10.1. The molecule has 0 radical (unpaired) electrons. The van der Waals surface area contributed by atoms with Crippen LogP contribution in [0.4, 0.5) is 4.79 Å². The van der Waals surface area contributed by atoms with E-state index in [4.69, 9.17) is 9.84 Å². The Morgan fingerprint density at radius 2 is 1.89 bits per heavy atom. The zero-order chi connectivity index (χ0) is 14.6. The molecule has 1 unspecified atom stereocenters. The van der Waals surface area contributed by atoms with Crippen molar-refractivity contribution < 1.29 is 24.2 Å². The molecular weight excluding hydrogens is 252 g/mol. The highest BCUT2D eigenvalue weighted by Crippen LogP contribution is 2.11. The molecule has 0 bridgehead atoms. The van der Waals surface area contributed by atoms with Gasteiger partial charge in [0.25, 0.3) is 5.91 Å². The number of hydrogen-bond donors (Lipinski definition) is 2. The minimum atomic E-state index is -1.18. The molecule has 0 saturated carbocycles. The maximum atomic E-state index is 11.8. The fraction of sp³-hybridized carbons (Fsp3) is 0.583. The first-order valence-electron chi connectivity index (χ1n) is 5.91. The molecule has 7 nitrogen and oxygen atoms in total. The number of aliphatic carboxylic acids is 1. The highest BCUT2D eigenvalue weighted by Gasteiger charge is 2.25. The summed E-state index contributed by atoms with van der Waals surface area (Å²) in [6, 6.07) is -0.615. The van der Waals surface area contributed by atoms with Crippen molar-refractivity contribution in [2.75, 3.05) is 20.3 Å². The van der Waals surface area contributed by atoms with Gasteiger partial charge >= 0.3 is 12.0 Å². The smallest absolute Gasteiger partial charge is 0.331 e. The number of carboxylic acid groups (broad SMARTS) is 1. The van der Waals surface area contributed by atoms with Gasteiger partial charge in [-0.3, -0.25) is 10.1 Å². The van der Waals surface area contributed by atoms with E-state index in [2.05, 4.69) is 5.32 Å². The third-order valence-corrected chi connectivity index (χ3v) is 3.22. The number of likely N-dealkylation sites (N-methyl/N-ethyl adjacent to an activating group) is 1. The molecule has 1 saturated heterocycles. The van der Waals surface area contributed by atoms with Crippen molar-refractivity contribution in [2.45, 2.75) is 26.3 Å². The monoisotopic (exact) mass is 270 g/mol. The number of urea groups is 1. The predicted octanol–water partition coefficient (Wildman–Crippen LogP) is 0.364. The number of rotatable bonds is 3. The van der Waals surface area contributed by atoms with Gasteiger partial charge < -0.3 is 14.7 Å². The number of carbonyl (C=O) groups excluding carboxylic acids is 2. The third-order valence-electron chi connectivity index (χ3n) is 3.22. The zero-order valence-electron chi connectivity index (χ0n) is 11.2. The van der Waals surface area contributed by atoms with Gasteiger partial charge in [-0.15, -0.1) is 0 Å². The zero-order valence-corrected chi connectivity index (χ0v) is 11.2. The lowest BCUT2D eigenvalue weighted by molar-refractivity contribution is -0.133. The Kier molecular flexibility index (Phi) is 5.05. The minimum absolute atomic E-state index is 0.0110. The number of carbonyl (C=O) groups is 3. The van der Waals surface area contributed by atoms with Crippen molar-refractivity contribution >= 4 is 17.9 Å². The van der Waals surface area contributed by atoms with Crippen molar-refractivity contribution in [3.8, 4) is 0 Å². The van der Waals surface area contributed by atoms with Crippen molar-refractivity contribution in [3.63, 3.8) is 0 Å². The lowest BCUT2D eigenvalue weighted by Gasteiger charge is -2.23. The van der Waals surface area contributed by atoms with Crippen LogP contribution in [0.15, 0.2) is 11.1 Å². The van der Waals surface area contributed by atoms with Gasteiger partial charge in [-0.1, -0.05) is 0 Å². The molecule has 3 amide bonds. The molecule has 0 aromatic rings. The molecule has 7 heteroatoms. The Hall–Kier alpha value is -1.89. The molecule has 1 atom stereocenters. The summed E-state index contributed by atoms with van der Waals surface area (Å²) in [7, 11) is 1.57. The van der Waals surface area contributed by atoms with Crippen LogP contribution in [0.3, 0.4) is 0 Å². The van der Waals surface area contributed by atoms with Crippen LogP contribution < -0.4 is 5.32 Å². The minimum Gasteiger partial charge on any atom is -0.478 e. The summed E-state index contributed by atoms with van der Waals surface area (Å²) in [5.74, 6) is -1.88. The Labute approximate surface area is 111 Å². The molecular formula is C12H18N2O5. The summed E-state index contributed by atoms with van der Waals surface area (Å²) in [4.78, 5) is 35.6. The van der Waals surface area contributed by atoms with Crippen LogP contribution in [0, 0.1) is 0 Å². The number of imide groups is 1. The summed E-state index contributed by atoms with van der Waals surface area (Å²) in [5, 5.41) is 10.9. The second kappa shape index (κ2) is 6.33. The molecule has 2 N–H and O–H groups in total. The van der Waals surface area contributed by atoms with E-state index in [0.29, 0.717) is 13.2 Å². The Morgan fingerprint density at radius 3 is 2.37 bits per heavy atom. The SMILES string of the molecule is CC(C(=O)O)=C(C)C(=O)NC(=O)N(C)C1CCOC1.